The second-order valence-corrected chi connectivity index (χ2v) is 4.41. The van der Waals surface area contributed by atoms with Crippen LogP contribution in [-0.2, 0) is 12.7 Å². The molecule has 0 radical (unpaired) electrons. The highest BCUT2D eigenvalue weighted by Crippen LogP contribution is 2.28. The number of phenolic OH excluding ortho intramolecular Hbond substituents is 1. The summed E-state index contributed by atoms with van der Waals surface area (Å²) in [4.78, 5) is 0. The third-order valence-electron chi connectivity index (χ3n) is 2.61. The first-order valence-electron chi connectivity index (χ1n) is 5.67. The molecule has 0 atom stereocenters. The Hall–Kier alpha value is -2.23. The average molecular weight is 320 g/mol. The van der Waals surface area contributed by atoms with Crippen LogP contribution in [0, 0.1) is 4.77 Å². The van der Waals surface area contributed by atoms with E-state index < -0.39 is 12.0 Å². The van der Waals surface area contributed by atoms with Gasteiger partial charge in [0.05, 0.1) is 13.7 Å². The second kappa shape index (κ2) is 5.64. The number of rotatable bonds is 4. The summed E-state index contributed by atoms with van der Waals surface area (Å²) < 4.78 is 43.4. The number of nitrogens with zero attached hydrogens (tertiary/aromatic N) is 2. The van der Waals surface area contributed by atoms with Crippen molar-refractivity contribution < 1.29 is 23.0 Å². The Morgan fingerprint density at radius 3 is 2.76 bits per heavy atom. The quantitative estimate of drug-likeness (QED) is 0.754. The van der Waals surface area contributed by atoms with Crippen LogP contribution in [0.4, 0.5) is 13.2 Å². The van der Waals surface area contributed by atoms with Gasteiger partial charge in [-0.1, -0.05) is 6.07 Å². The minimum atomic E-state index is -4.64. The third kappa shape index (κ3) is 3.27. The number of hydrogen-bond acceptors (Lipinski definition) is 5. The molecule has 0 aliphatic rings. The van der Waals surface area contributed by atoms with Gasteiger partial charge in [-0.05, 0) is 29.9 Å². The van der Waals surface area contributed by atoms with E-state index >= 15 is 0 Å². The molecule has 0 amide bonds. The van der Waals surface area contributed by atoms with Gasteiger partial charge < -0.3 is 15.3 Å². The van der Waals surface area contributed by atoms with E-state index in [4.69, 9.17) is 17.0 Å². The maximum Gasteiger partial charge on any atom is 0.453 e. The summed E-state index contributed by atoms with van der Waals surface area (Å²) in [5.41, 5.74) is 3.04. The number of benzene rings is 1. The van der Waals surface area contributed by atoms with Crippen molar-refractivity contribution in [1.29, 1.82) is 0 Å². The van der Waals surface area contributed by atoms with Crippen LogP contribution in [0.5, 0.6) is 11.5 Å². The number of nitrogens with one attached hydrogen (secondary N) is 2. The molecule has 1 aromatic heterocycles. The van der Waals surface area contributed by atoms with Crippen molar-refractivity contribution in [1.82, 2.24) is 14.9 Å². The van der Waals surface area contributed by atoms with Crippen molar-refractivity contribution >= 4 is 12.2 Å². The summed E-state index contributed by atoms with van der Waals surface area (Å²) in [6, 6.07) is 4.48. The van der Waals surface area contributed by atoms with E-state index in [0.717, 1.165) is 0 Å². The highest BCUT2D eigenvalue weighted by atomic mass is 32.1. The molecule has 6 nitrogen and oxygen atoms in total. The van der Waals surface area contributed by atoms with E-state index in [1.165, 1.54) is 19.2 Å². The first-order chi connectivity index (χ1) is 9.82. The Labute approximate surface area is 122 Å². The molecule has 0 saturated heterocycles. The van der Waals surface area contributed by atoms with Crippen LogP contribution in [-0.4, -0.2) is 27.1 Å². The topological polar surface area (TPSA) is 75.1 Å². The monoisotopic (exact) mass is 320 g/mol. The van der Waals surface area contributed by atoms with Crippen LogP contribution in [0.25, 0.3) is 0 Å². The number of aromatic amines is 1. The molecular formula is C11H11F3N4O2S. The van der Waals surface area contributed by atoms with E-state index in [1.54, 1.807) is 6.07 Å². The molecule has 1 heterocycles. The van der Waals surface area contributed by atoms with E-state index in [-0.39, 0.29) is 22.8 Å². The lowest BCUT2D eigenvalue weighted by Crippen LogP contribution is -2.23. The molecule has 10 heteroatoms. The van der Waals surface area contributed by atoms with E-state index in [9.17, 15) is 18.3 Å². The van der Waals surface area contributed by atoms with E-state index in [0.29, 0.717) is 10.2 Å². The smallest absolute Gasteiger partial charge is 0.453 e. The molecule has 0 saturated carbocycles. The van der Waals surface area contributed by atoms with Gasteiger partial charge in [0.15, 0.2) is 11.5 Å². The lowest BCUT2D eigenvalue weighted by molar-refractivity contribution is -0.146. The van der Waals surface area contributed by atoms with Gasteiger partial charge in [0.2, 0.25) is 4.77 Å². The normalized spacial score (nSPS) is 11.4. The van der Waals surface area contributed by atoms with Crippen LogP contribution in [0.15, 0.2) is 18.2 Å². The molecule has 114 valence electrons. The number of alkyl halides is 3. The predicted octanol–water partition coefficient (Wildman–Crippen LogP) is 2.42. The summed E-state index contributed by atoms with van der Waals surface area (Å²) in [5, 5.41) is 14.8. The number of aromatic nitrogens is 3. The second-order valence-electron chi connectivity index (χ2n) is 4.03. The van der Waals surface area contributed by atoms with E-state index in [1.807, 2.05) is 0 Å². The van der Waals surface area contributed by atoms with Gasteiger partial charge >= 0.3 is 6.18 Å². The molecule has 0 unspecified atom stereocenters. The molecule has 0 aliphatic carbocycles. The molecule has 1 aromatic carbocycles. The summed E-state index contributed by atoms with van der Waals surface area (Å²) in [5.74, 6) is -1.01. The highest BCUT2D eigenvalue weighted by molar-refractivity contribution is 7.71. The fourth-order valence-corrected chi connectivity index (χ4v) is 1.85. The van der Waals surface area contributed by atoms with Crippen LogP contribution >= 0.6 is 12.2 Å². The fraction of sp³-hybridized carbons (Fsp3) is 0.273. The van der Waals surface area contributed by atoms with Crippen LogP contribution in [0.2, 0.25) is 0 Å². The standard InChI is InChI=1S/C11H11F3N4O2S/c1-20-8-3-2-6(4-7(8)19)5-15-18-9(11(12,13)14)16-17-10(18)21/h2-4,15,19H,5H2,1H3,(H,17,21). The molecule has 0 bridgehead atoms. The van der Waals surface area contributed by atoms with Crippen molar-refractivity contribution in [3.8, 4) is 11.5 Å². The van der Waals surface area contributed by atoms with Crippen molar-refractivity contribution in [2.45, 2.75) is 12.7 Å². The van der Waals surface area contributed by atoms with Crippen molar-refractivity contribution in [2.24, 2.45) is 0 Å². The highest BCUT2D eigenvalue weighted by Gasteiger charge is 2.37. The van der Waals surface area contributed by atoms with Crippen LogP contribution < -0.4 is 10.2 Å². The maximum atomic E-state index is 12.7. The first-order valence-corrected chi connectivity index (χ1v) is 6.08. The van der Waals surface area contributed by atoms with Crippen LogP contribution in [0.3, 0.4) is 0 Å². The van der Waals surface area contributed by atoms with Gasteiger partial charge in [-0.3, -0.25) is 0 Å². The first kappa shape index (κ1) is 15.2. The summed E-state index contributed by atoms with van der Waals surface area (Å²) in [6.07, 6.45) is -4.64. The van der Waals surface area contributed by atoms with Gasteiger partial charge in [0.25, 0.3) is 5.82 Å². The van der Waals surface area contributed by atoms with E-state index in [2.05, 4.69) is 15.6 Å². The summed E-state index contributed by atoms with van der Waals surface area (Å²) >= 11 is 4.74. The minimum Gasteiger partial charge on any atom is -0.504 e. The number of hydrogen-bond donors (Lipinski definition) is 3. The lowest BCUT2D eigenvalue weighted by Gasteiger charge is -2.12. The Kier molecular flexibility index (Phi) is 4.07. The largest absolute Gasteiger partial charge is 0.504 e. The fourth-order valence-electron chi connectivity index (χ4n) is 1.65. The zero-order chi connectivity index (χ0) is 15.6. The predicted molar refractivity (Wildman–Crippen MR) is 70.1 cm³/mol. The molecule has 21 heavy (non-hydrogen) atoms. The Morgan fingerprint density at radius 1 is 1.48 bits per heavy atom. The molecule has 3 N–H and O–H groups in total. The minimum absolute atomic E-state index is 0.00841. The SMILES string of the molecule is COc1ccc(CNn2c(C(F)(F)F)n[nH]c2=S)cc1O. The van der Waals surface area contributed by atoms with Crippen molar-refractivity contribution in [3.05, 3.63) is 34.4 Å². The zero-order valence-electron chi connectivity index (χ0n) is 10.7. The molecule has 0 spiro atoms. The van der Waals surface area contributed by atoms with Crippen LogP contribution in [0.1, 0.15) is 11.4 Å². The zero-order valence-corrected chi connectivity index (χ0v) is 11.5. The third-order valence-corrected chi connectivity index (χ3v) is 2.88. The molecular weight excluding hydrogens is 309 g/mol. The van der Waals surface area contributed by atoms with Gasteiger partial charge in [-0.2, -0.15) is 13.2 Å². The number of aromatic hydroxyl groups is 1. The molecule has 2 rings (SSSR count). The Morgan fingerprint density at radius 2 is 2.19 bits per heavy atom. The number of halogens is 3. The van der Waals surface area contributed by atoms with Crippen molar-refractivity contribution in [2.75, 3.05) is 12.5 Å². The Bertz CT molecular complexity index is 696. The van der Waals surface area contributed by atoms with Gasteiger partial charge in [0.1, 0.15) is 0 Å². The number of phenols is 1. The van der Waals surface area contributed by atoms with Gasteiger partial charge in [0, 0.05) is 0 Å². The molecule has 2 aromatic rings. The molecule has 0 fully saturated rings. The Balaban J connectivity index is 2.19. The number of ether oxygens (including phenoxy) is 1. The van der Waals surface area contributed by atoms with Gasteiger partial charge in [-0.25, -0.2) is 9.77 Å². The lowest BCUT2D eigenvalue weighted by atomic mass is 10.2. The average Bonchev–Trinajstić information content (AvgIpc) is 2.77. The number of methoxy groups -OCH3 is 1. The maximum absolute atomic E-state index is 12.7. The van der Waals surface area contributed by atoms with Crippen molar-refractivity contribution in [3.63, 3.8) is 0 Å². The van der Waals surface area contributed by atoms with Gasteiger partial charge in [-0.15, -0.1) is 5.10 Å². The summed E-state index contributed by atoms with van der Waals surface area (Å²) in [6.45, 7) is 0.00841. The number of H-pyrrole nitrogens is 1. The summed E-state index contributed by atoms with van der Waals surface area (Å²) in [7, 11) is 1.40. The molecule has 0 aliphatic heterocycles.